The fraction of sp³-hybridized carbons (Fsp3) is 0.400. The maximum absolute atomic E-state index is 11.6. The Bertz CT molecular complexity index is 554. The third kappa shape index (κ3) is 4.28. The lowest BCUT2D eigenvalue weighted by Crippen LogP contribution is -2.14. The monoisotopic (exact) mass is 300 g/mol. The van der Waals surface area contributed by atoms with Crippen LogP contribution in [0.25, 0.3) is 0 Å². The molecule has 0 saturated heterocycles. The average molecular weight is 300 g/mol. The highest BCUT2D eigenvalue weighted by atomic mass is 32.2. The molecule has 0 aliphatic carbocycles. The minimum Gasteiger partial charge on any atom is -0.415 e. The Hall–Kier alpha value is -1.48. The molecule has 7 nitrogen and oxygen atoms in total. The van der Waals surface area contributed by atoms with E-state index in [1.807, 2.05) is 6.26 Å². The summed E-state index contributed by atoms with van der Waals surface area (Å²) in [5, 5.41) is 14.4. The lowest BCUT2D eigenvalue weighted by atomic mass is 10.5. The van der Waals surface area contributed by atoms with Crippen LogP contribution in [0.5, 0.6) is 0 Å². The molecule has 9 heteroatoms. The summed E-state index contributed by atoms with van der Waals surface area (Å²) in [6.45, 7) is 1.75. The number of thioether (sulfide) groups is 2. The summed E-state index contributed by atoms with van der Waals surface area (Å²) < 4.78 is 10.2. The summed E-state index contributed by atoms with van der Waals surface area (Å²) in [6, 6.07) is 1.64. The van der Waals surface area contributed by atoms with E-state index in [9.17, 15) is 4.79 Å². The topological polar surface area (TPSA) is 94.1 Å². The second kappa shape index (κ2) is 6.62. The van der Waals surface area contributed by atoms with Crippen molar-refractivity contribution in [2.24, 2.45) is 0 Å². The van der Waals surface area contributed by atoms with Gasteiger partial charge in [-0.3, -0.25) is 4.79 Å². The minimum atomic E-state index is -0.206. The third-order valence-electron chi connectivity index (χ3n) is 1.94. The number of hydrogen-bond donors (Lipinski definition) is 1. The van der Waals surface area contributed by atoms with E-state index < -0.39 is 0 Å². The van der Waals surface area contributed by atoms with Crippen LogP contribution < -0.4 is 5.32 Å². The molecule has 0 aliphatic heterocycles. The molecule has 102 valence electrons. The first-order valence-corrected chi connectivity index (χ1v) is 7.72. The van der Waals surface area contributed by atoms with Crippen LogP contribution in [-0.4, -0.2) is 33.3 Å². The van der Waals surface area contributed by atoms with Gasteiger partial charge >= 0.3 is 0 Å². The molecule has 0 fully saturated rings. The summed E-state index contributed by atoms with van der Waals surface area (Å²) in [5.74, 6) is 2.23. The smallest absolute Gasteiger partial charge is 0.277 e. The zero-order valence-electron chi connectivity index (χ0n) is 10.4. The molecule has 0 aromatic carbocycles. The molecule has 2 rings (SSSR count). The van der Waals surface area contributed by atoms with Gasteiger partial charge in [0.25, 0.3) is 5.22 Å². The Morgan fingerprint density at radius 2 is 2.32 bits per heavy atom. The highest BCUT2D eigenvalue weighted by Crippen LogP contribution is 2.18. The molecule has 0 unspecified atom stereocenters. The van der Waals surface area contributed by atoms with Crippen LogP contribution in [0, 0.1) is 6.92 Å². The van der Waals surface area contributed by atoms with Crippen molar-refractivity contribution in [2.75, 3.05) is 17.3 Å². The van der Waals surface area contributed by atoms with Crippen molar-refractivity contribution in [3.05, 3.63) is 17.7 Å². The van der Waals surface area contributed by atoms with Crippen LogP contribution in [0.1, 0.15) is 11.7 Å². The molecule has 2 aromatic heterocycles. The van der Waals surface area contributed by atoms with Gasteiger partial charge in [0.1, 0.15) is 5.76 Å². The van der Waals surface area contributed by atoms with Crippen LogP contribution in [-0.2, 0) is 10.5 Å². The Morgan fingerprint density at radius 1 is 1.47 bits per heavy atom. The fourth-order valence-corrected chi connectivity index (χ4v) is 2.15. The van der Waals surface area contributed by atoms with Gasteiger partial charge in [-0.05, 0) is 13.2 Å². The number of carbonyl (C=O) groups is 1. The largest absolute Gasteiger partial charge is 0.415 e. The van der Waals surface area contributed by atoms with Crippen molar-refractivity contribution < 1.29 is 13.7 Å². The Balaban J connectivity index is 1.79. The van der Waals surface area contributed by atoms with Crippen molar-refractivity contribution in [3.8, 4) is 0 Å². The second-order valence-corrected chi connectivity index (χ2v) is 5.35. The van der Waals surface area contributed by atoms with Gasteiger partial charge in [0.15, 0.2) is 5.82 Å². The molecular weight excluding hydrogens is 288 g/mol. The summed E-state index contributed by atoms with van der Waals surface area (Å²) in [7, 11) is 0. The highest BCUT2D eigenvalue weighted by Gasteiger charge is 2.10. The standard InChI is InChI=1S/C10H12N4O3S2/c1-6-3-7(14-17-6)11-8(15)4-19-10-13-12-9(16-10)5-18-2/h3H,4-5H2,1-2H3,(H,11,14,15). The highest BCUT2D eigenvalue weighted by molar-refractivity contribution is 7.99. The Kier molecular flexibility index (Phi) is 4.86. The van der Waals surface area contributed by atoms with E-state index in [2.05, 4.69) is 20.7 Å². The predicted molar refractivity (Wildman–Crippen MR) is 72.1 cm³/mol. The SMILES string of the molecule is CSCc1nnc(SCC(=O)Nc2cc(C)on2)o1. The molecular formula is C10H12N4O3S2. The van der Waals surface area contributed by atoms with E-state index >= 15 is 0 Å². The van der Waals surface area contributed by atoms with Gasteiger partial charge in [-0.2, -0.15) is 11.8 Å². The third-order valence-corrected chi connectivity index (χ3v) is 3.29. The van der Waals surface area contributed by atoms with Gasteiger partial charge in [0.05, 0.1) is 11.5 Å². The molecule has 0 radical (unpaired) electrons. The number of rotatable bonds is 6. The van der Waals surface area contributed by atoms with E-state index in [0.29, 0.717) is 28.4 Å². The molecule has 2 heterocycles. The van der Waals surface area contributed by atoms with Crippen LogP contribution in [0.2, 0.25) is 0 Å². The van der Waals surface area contributed by atoms with Gasteiger partial charge in [0, 0.05) is 6.07 Å². The first-order valence-electron chi connectivity index (χ1n) is 5.34. The molecule has 0 aliphatic rings. The number of aromatic nitrogens is 3. The number of nitrogens with one attached hydrogen (secondary N) is 1. The average Bonchev–Trinajstić information content (AvgIpc) is 2.97. The van der Waals surface area contributed by atoms with Gasteiger partial charge in [-0.25, -0.2) is 0 Å². The molecule has 0 atom stereocenters. The summed E-state index contributed by atoms with van der Waals surface area (Å²) in [4.78, 5) is 11.6. The van der Waals surface area contributed by atoms with Gasteiger partial charge < -0.3 is 14.3 Å². The molecule has 19 heavy (non-hydrogen) atoms. The van der Waals surface area contributed by atoms with Gasteiger partial charge in [-0.15, -0.1) is 10.2 Å². The molecule has 2 aromatic rings. The predicted octanol–water partition coefficient (Wildman–Crippen LogP) is 1.96. The number of hydrogen-bond acceptors (Lipinski definition) is 8. The molecule has 1 amide bonds. The maximum atomic E-state index is 11.6. The van der Waals surface area contributed by atoms with Gasteiger partial charge in [-0.1, -0.05) is 16.9 Å². The van der Waals surface area contributed by atoms with E-state index in [4.69, 9.17) is 8.94 Å². The first-order chi connectivity index (χ1) is 9.17. The lowest BCUT2D eigenvalue weighted by Gasteiger charge is -1.97. The molecule has 0 bridgehead atoms. The number of aryl methyl sites for hydroxylation is 1. The second-order valence-electron chi connectivity index (χ2n) is 3.55. The quantitative estimate of drug-likeness (QED) is 0.809. The number of amides is 1. The minimum absolute atomic E-state index is 0.173. The van der Waals surface area contributed by atoms with E-state index in [1.165, 1.54) is 11.8 Å². The van der Waals surface area contributed by atoms with E-state index in [0.717, 1.165) is 0 Å². The van der Waals surface area contributed by atoms with E-state index in [-0.39, 0.29) is 11.7 Å². The number of nitrogens with zero attached hydrogens (tertiary/aromatic N) is 3. The van der Waals surface area contributed by atoms with Crippen molar-refractivity contribution in [3.63, 3.8) is 0 Å². The van der Waals surface area contributed by atoms with Crippen LogP contribution in [0.3, 0.4) is 0 Å². The molecule has 1 N–H and O–H groups in total. The van der Waals surface area contributed by atoms with Crippen molar-refractivity contribution in [2.45, 2.75) is 17.9 Å². The summed E-state index contributed by atoms with van der Waals surface area (Å²) in [5.41, 5.74) is 0. The van der Waals surface area contributed by atoms with Gasteiger partial charge in [0.2, 0.25) is 11.8 Å². The van der Waals surface area contributed by atoms with Crippen LogP contribution in [0.15, 0.2) is 20.2 Å². The van der Waals surface area contributed by atoms with E-state index in [1.54, 1.807) is 24.8 Å². The van der Waals surface area contributed by atoms with Crippen molar-refractivity contribution >= 4 is 35.2 Å². The number of carbonyl (C=O) groups excluding carboxylic acids is 1. The molecule has 0 saturated carbocycles. The van der Waals surface area contributed by atoms with Crippen molar-refractivity contribution in [1.29, 1.82) is 0 Å². The van der Waals surface area contributed by atoms with Crippen LogP contribution >= 0.6 is 23.5 Å². The van der Waals surface area contributed by atoms with Crippen molar-refractivity contribution in [1.82, 2.24) is 15.4 Å². The zero-order valence-corrected chi connectivity index (χ0v) is 12.0. The number of anilines is 1. The maximum Gasteiger partial charge on any atom is 0.277 e. The fourth-order valence-electron chi connectivity index (χ4n) is 1.21. The lowest BCUT2D eigenvalue weighted by molar-refractivity contribution is -0.113. The Labute approximate surface area is 117 Å². The Morgan fingerprint density at radius 3 is 3.00 bits per heavy atom. The zero-order chi connectivity index (χ0) is 13.7. The summed E-state index contributed by atoms with van der Waals surface area (Å²) in [6.07, 6.45) is 1.95. The summed E-state index contributed by atoms with van der Waals surface area (Å²) >= 11 is 2.77. The first kappa shape index (κ1) is 13.9. The molecule has 0 spiro atoms. The van der Waals surface area contributed by atoms with Crippen LogP contribution in [0.4, 0.5) is 5.82 Å². The normalized spacial score (nSPS) is 10.6.